The summed E-state index contributed by atoms with van der Waals surface area (Å²) in [6, 6.07) is 1.80. The minimum atomic E-state index is -4.44. The van der Waals surface area contributed by atoms with E-state index in [0.29, 0.717) is 0 Å². The van der Waals surface area contributed by atoms with Gasteiger partial charge in [0.25, 0.3) is 5.56 Å². The summed E-state index contributed by atoms with van der Waals surface area (Å²) in [7, 11) is -4.44. The van der Waals surface area contributed by atoms with Crippen molar-refractivity contribution in [2.45, 2.75) is 64.4 Å². The topological polar surface area (TPSA) is 200 Å². The van der Waals surface area contributed by atoms with E-state index in [1.165, 1.54) is 10.9 Å². The van der Waals surface area contributed by atoms with Gasteiger partial charge in [0, 0.05) is 5.92 Å². The summed E-state index contributed by atoms with van der Waals surface area (Å²) in [6.45, 7) is 6.16. The molecule has 0 saturated carbocycles. The Kier molecular flexibility index (Phi) is 7.31. The molecule has 2 aliphatic heterocycles. The molecule has 0 bridgehead atoms. The van der Waals surface area contributed by atoms with Gasteiger partial charge in [-0.25, -0.2) is 9.55 Å². The first-order valence-corrected chi connectivity index (χ1v) is 12.7. The van der Waals surface area contributed by atoms with Crippen molar-refractivity contribution in [2.75, 3.05) is 18.5 Å². The molecule has 36 heavy (non-hydrogen) atoms. The first kappa shape index (κ1) is 26.4. The standard InChI is InChI=1S/C20H27N6O9P/c1-10(2)16(27)24-19-23-15-12(17(28)25-19)22-9-26(15)18-14-13(34-20(3,4)35-14)11(33-18)8-32-36(29,30)31-7-5-6-21/h9-11,13-14,18H,5,7-8H2,1-4H3,(H,29,30)(H2,23,24,25,27,28)/t11-,13-,14-,18-/m1/s1. The molecule has 5 atom stereocenters. The summed E-state index contributed by atoms with van der Waals surface area (Å²) in [6.07, 6.45) is -1.90. The van der Waals surface area contributed by atoms with Crippen LogP contribution in [0.1, 0.15) is 40.3 Å². The first-order chi connectivity index (χ1) is 16.9. The van der Waals surface area contributed by atoms with Gasteiger partial charge in [-0.05, 0) is 13.8 Å². The van der Waals surface area contributed by atoms with Gasteiger partial charge in [0.1, 0.15) is 18.3 Å². The van der Waals surface area contributed by atoms with Gasteiger partial charge in [-0.3, -0.25) is 33.5 Å². The van der Waals surface area contributed by atoms with Gasteiger partial charge in [-0.1, -0.05) is 13.8 Å². The number of nitrogens with zero attached hydrogens (tertiary/aromatic N) is 4. The number of fused-ring (bicyclic) bond motifs is 2. The number of nitrogens with one attached hydrogen (secondary N) is 2. The number of rotatable bonds is 9. The SMILES string of the molecule is CC(C)C(=O)Nc1nc2c(ncn2[C@@H]2O[C@H](COP(=O)(O)OCCC#N)[C@H]3OC(C)(C)O[C@H]32)c(=O)[nH]1. The van der Waals surface area contributed by atoms with E-state index < -0.39 is 43.7 Å². The molecule has 0 spiro atoms. The fourth-order valence-electron chi connectivity index (χ4n) is 3.86. The van der Waals surface area contributed by atoms with Crippen molar-refractivity contribution >= 4 is 30.8 Å². The fraction of sp³-hybridized carbons (Fsp3) is 0.650. The summed E-state index contributed by atoms with van der Waals surface area (Å²) < 4.78 is 41.5. The van der Waals surface area contributed by atoms with E-state index in [2.05, 4.69) is 20.3 Å². The molecule has 0 radical (unpaired) electrons. The summed E-state index contributed by atoms with van der Waals surface area (Å²) in [5.41, 5.74) is -0.419. The van der Waals surface area contributed by atoms with Crippen molar-refractivity contribution in [1.29, 1.82) is 5.26 Å². The predicted molar refractivity (Wildman–Crippen MR) is 121 cm³/mol. The van der Waals surface area contributed by atoms with Crippen LogP contribution < -0.4 is 10.9 Å². The fourth-order valence-corrected chi connectivity index (χ4v) is 4.59. The number of carbonyl (C=O) groups is 1. The lowest BCUT2D eigenvalue weighted by atomic mass is 10.1. The average molecular weight is 526 g/mol. The van der Waals surface area contributed by atoms with Crippen LogP contribution in [0.5, 0.6) is 0 Å². The highest BCUT2D eigenvalue weighted by atomic mass is 31.2. The van der Waals surface area contributed by atoms with E-state index in [-0.39, 0.29) is 48.6 Å². The number of carbonyl (C=O) groups excluding carboxylic acids is 1. The number of aromatic amines is 1. The number of imidazole rings is 1. The Bertz CT molecular complexity index is 1280. The molecule has 1 unspecified atom stereocenters. The zero-order valence-electron chi connectivity index (χ0n) is 20.0. The van der Waals surface area contributed by atoms with Gasteiger partial charge in [0.15, 0.2) is 23.2 Å². The molecule has 3 N–H and O–H groups in total. The molecule has 2 fully saturated rings. The van der Waals surface area contributed by atoms with Crippen LogP contribution in [-0.2, 0) is 32.6 Å². The molecule has 2 aromatic heterocycles. The lowest BCUT2D eigenvalue weighted by Crippen LogP contribution is -2.32. The normalized spacial score (nSPS) is 26.6. The minimum Gasteiger partial charge on any atom is -0.347 e. The Morgan fingerprint density at radius 2 is 2.11 bits per heavy atom. The molecule has 1 amide bonds. The highest BCUT2D eigenvalue weighted by Gasteiger charge is 2.56. The number of anilines is 1. The predicted octanol–water partition coefficient (Wildman–Crippen LogP) is 1.18. The number of amides is 1. The van der Waals surface area contributed by atoms with Crippen molar-refractivity contribution in [3.8, 4) is 6.07 Å². The van der Waals surface area contributed by atoms with Gasteiger partial charge in [0.05, 0.1) is 32.0 Å². The summed E-state index contributed by atoms with van der Waals surface area (Å²) in [5, 5.41) is 11.1. The van der Waals surface area contributed by atoms with E-state index >= 15 is 0 Å². The monoisotopic (exact) mass is 526 g/mol. The zero-order chi connectivity index (χ0) is 26.3. The van der Waals surface area contributed by atoms with E-state index in [4.69, 9.17) is 28.5 Å². The average Bonchev–Trinajstić information content (AvgIpc) is 3.43. The van der Waals surface area contributed by atoms with Crippen molar-refractivity contribution in [3.63, 3.8) is 0 Å². The van der Waals surface area contributed by atoms with Gasteiger partial charge in [-0.2, -0.15) is 10.2 Å². The third kappa shape index (κ3) is 5.50. The molecule has 16 heteroatoms. The quantitative estimate of drug-likeness (QED) is 0.312. The van der Waals surface area contributed by atoms with Crippen LogP contribution in [0.25, 0.3) is 11.2 Å². The molecule has 196 valence electrons. The lowest BCUT2D eigenvalue weighted by molar-refractivity contribution is -0.199. The Balaban J connectivity index is 1.60. The van der Waals surface area contributed by atoms with E-state index in [1.54, 1.807) is 33.8 Å². The van der Waals surface area contributed by atoms with Gasteiger partial charge >= 0.3 is 7.82 Å². The van der Waals surface area contributed by atoms with E-state index in [0.717, 1.165) is 0 Å². The number of aromatic nitrogens is 4. The molecule has 0 aliphatic carbocycles. The summed E-state index contributed by atoms with van der Waals surface area (Å²) in [5.74, 6) is -1.73. The smallest absolute Gasteiger partial charge is 0.347 e. The maximum atomic E-state index is 12.6. The van der Waals surface area contributed by atoms with Crippen LogP contribution in [0.2, 0.25) is 0 Å². The Morgan fingerprint density at radius 3 is 2.81 bits per heavy atom. The molecular weight excluding hydrogens is 499 g/mol. The molecule has 2 saturated heterocycles. The third-order valence-corrected chi connectivity index (χ3v) is 6.45. The summed E-state index contributed by atoms with van der Waals surface area (Å²) in [4.78, 5) is 45.5. The molecule has 0 aromatic carbocycles. The minimum absolute atomic E-state index is 0.0151. The maximum Gasteiger partial charge on any atom is 0.472 e. The second-order valence-corrected chi connectivity index (χ2v) is 10.5. The third-order valence-electron chi connectivity index (χ3n) is 5.47. The second-order valence-electron chi connectivity index (χ2n) is 9.02. The Labute approximate surface area is 205 Å². The van der Waals surface area contributed by atoms with Crippen molar-refractivity contribution in [1.82, 2.24) is 19.5 Å². The maximum absolute atomic E-state index is 12.6. The van der Waals surface area contributed by atoms with Crippen molar-refractivity contribution < 1.29 is 37.5 Å². The number of hydrogen-bond acceptors (Lipinski definition) is 11. The molecule has 2 aliphatic rings. The number of phosphoric acid groups is 1. The van der Waals surface area contributed by atoms with E-state index in [1.807, 2.05) is 0 Å². The number of nitriles is 1. The van der Waals surface area contributed by atoms with E-state index in [9.17, 15) is 19.0 Å². The molecular formula is C20H27N6O9P. The molecule has 15 nitrogen and oxygen atoms in total. The zero-order valence-corrected chi connectivity index (χ0v) is 20.9. The van der Waals surface area contributed by atoms with Crippen LogP contribution in [-0.4, -0.2) is 67.6 Å². The van der Waals surface area contributed by atoms with Crippen LogP contribution in [0, 0.1) is 17.2 Å². The van der Waals surface area contributed by atoms with Gasteiger partial charge < -0.3 is 19.1 Å². The molecule has 4 heterocycles. The lowest BCUT2D eigenvalue weighted by Gasteiger charge is -2.25. The first-order valence-electron chi connectivity index (χ1n) is 11.2. The Hall–Kier alpha value is -2.70. The second kappa shape index (κ2) is 9.98. The van der Waals surface area contributed by atoms with Crippen molar-refractivity contribution in [3.05, 3.63) is 16.7 Å². The molecule has 4 rings (SSSR count). The van der Waals surface area contributed by atoms with Gasteiger partial charge in [0.2, 0.25) is 11.9 Å². The highest BCUT2D eigenvalue weighted by Crippen LogP contribution is 2.47. The highest BCUT2D eigenvalue weighted by molar-refractivity contribution is 7.47. The van der Waals surface area contributed by atoms with Crippen LogP contribution in [0.15, 0.2) is 11.1 Å². The van der Waals surface area contributed by atoms with Crippen molar-refractivity contribution in [2.24, 2.45) is 5.92 Å². The number of hydrogen-bond donors (Lipinski definition) is 3. The largest absolute Gasteiger partial charge is 0.472 e. The van der Waals surface area contributed by atoms with Gasteiger partial charge in [-0.15, -0.1) is 0 Å². The molecule has 2 aromatic rings. The number of H-pyrrole nitrogens is 1. The number of phosphoric ester groups is 1. The van der Waals surface area contributed by atoms with Crippen LogP contribution >= 0.6 is 7.82 Å². The van der Waals surface area contributed by atoms with Crippen LogP contribution in [0.3, 0.4) is 0 Å². The van der Waals surface area contributed by atoms with Crippen LogP contribution in [0.4, 0.5) is 5.95 Å². The number of ether oxygens (including phenoxy) is 3. The Morgan fingerprint density at radius 1 is 1.39 bits per heavy atom. The summed E-state index contributed by atoms with van der Waals surface area (Å²) >= 11 is 0.